The van der Waals surface area contributed by atoms with Crippen LogP contribution in [-0.2, 0) is 22.9 Å². The Balaban J connectivity index is 1.61. The van der Waals surface area contributed by atoms with Crippen LogP contribution in [0.25, 0.3) is 6.08 Å². The summed E-state index contributed by atoms with van der Waals surface area (Å²) < 4.78 is 32.7. The average Bonchev–Trinajstić information content (AvgIpc) is 3.01. The molecule has 132 valence electrons. The number of benzene rings is 2. The van der Waals surface area contributed by atoms with Crippen molar-refractivity contribution in [3.8, 4) is 5.75 Å². The molecule has 0 radical (unpaired) electrons. The molecule has 25 heavy (non-hydrogen) atoms. The molecule has 3 rings (SSSR count). The first kappa shape index (κ1) is 17.7. The largest absolute Gasteiger partial charge is 0.493 e. The van der Waals surface area contributed by atoms with Gasteiger partial charge in [-0.1, -0.05) is 42.0 Å². The molecule has 0 saturated carbocycles. The van der Waals surface area contributed by atoms with E-state index in [1.807, 2.05) is 50.2 Å². The van der Waals surface area contributed by atoms with Crippen molar-refractivity contribution in [1.29, 1.82) is 0 Å². The second-order valence-electron chi connectivity index (χ2n) is 6.52. The number of sulfonamides is 1. The normalized spacial score (nSPS) is 15.1. The molecule has 2 aromatic rings. The van der Waals surface area contributed by atoms with Gasteiger partial charge in [0.15, 0.2) is 0 Å². The molecule has 1 aliphatic rings. The standard InChI is InChI=1S/C20H23NO3S/c1-15-3-5-17(6-4-15)10-12-25(22,23)21-16(2)13-18-7-8-20-19(14-18)9-11-24-20/h3-8,10,12,14,16,21H,9,11,13H2,1-2H3. The molecule has 0 aromatic heterocycles. The lowest BCUT2D eigenvalue weighted by Crippen LogP contribution is -2.32. The van der Waals surface area contributed by atoms with Crippen LogP contribution in [0.15, 0.2) is 47.9 Å². The summed E-state index contributed by atoms with van der Waals surface area (Å²) in [7, 11) is -3.48. The summed E-state index contributed by atoms with van der Waals surface area (Å²) >= 11 is 0. The highest BCUT2D eigenvalue weighted by atomic mass is 32.2. The van der Waals surface area contributed by atoms with E-state index in [2.05, 4.69) is 10.8 Å². The maximum absolute atomic E-state index is 12.2. The van der Waals surface area contributed by atoms with Gasteiger partial charge >= 0.3 is 0 Å². The summed E-state index contributed by atoms with van der Waals surface area (Å²) in [6, 6.07) is 13.6. The summed E-state index contributed by atoms with van der Waals surface area (Å²) in [5.41, 5.74) is 4.32. The Morgan fingerprint density at radius 2 is 1.96 bits per heavy atom. The summed E-state index contributed by atoms with van der Waals surface area (Å²) in [5.74, 6) is 0.943. The zero-order chi connectivity index (χ0) is 17.9. The molecule has 2 aromatic carbocycles. The van der Waals surface area contributed by atoms with E-state index >= 15 is 0 Å². The predicted octanol–water partition coefficient (Wildman–Crippen LogP) is 3.45. The molecular formula is C20H23NO3S. The van der Waals surface area contributed by atoms with Gasteiger partial charge in [-0.2, -0.15) is 0 Å². The lowest BCUT2D eigenvalue weighted by atomic mass is 10.0. The van der Waals surface area contributed by atoms with E-state index in [1.54, 1.807) is 6.08 Å². The maximum atomic E-state index is 12.2. The van der Waals surface area contributed by atoms with Crippen molar-refractivity contribution in [2.24, 2.45) is 0 Å². The minimum atomic E-state index is -3.48. The lowest BCUT2D eigenvalue weighted by Gasteiger charge is -2.13. The SMILES string of the molecule is Cc1ccc(C=CS(=O)(=O)NC(C)Cc2ccc3c(c2)CCO3)cc1. The third-order valence-electron chi connectivity index (χ3n) is 4.18. The van der Waals surface area contributed by atoms with E-state index in [9.17, 15) is 8.42 Å². The van der Waals surface area contributed by atoms with Crippen molar-refractivity contribution in [1.82, 2.24) is 4.72 Å². The van der Waals surface area contributed by atoms with Crippen LogP contribution in [0.2, 0.25) is 0 Å². The topological polar surface area (TPSA) is 55.4 Å². The molecule has 4 nitrogen and oxygen atoms in total. The molecule has 0 saturated heterocycles. The number of nitrogens with one attached hydrogen (secondary N) is 1. The van der Waals surface area contributed by atoms with Crippen molar-refractivity contribution in [3.63, 3.8) is 0 Å². The van der Waals surface area contributed by atoms with Crippen molar-refractivity contribution in [2.75, 3.05) is 6.61 Å². The molecule has 1 atom stereocenters. The zero-order valence-corrected chi connectivity index (χ0v) is 15.3. The highest BCUT2D eigenvalue weighted by Crippen LogP contribution is 2.26. The molecule has 0 spiro atoms. The van der Waals surface area contributed by atoms with Crippen LogP contribution in [-0.4, -0.2) is 21.1 Å². The zero-order valence-electron chi connectivity index (χ0n) is 14.5. The minimum Gasteiger partial charge on any atom is -0.493 e. The fourth-order valence-electron chi connectivity index (χ4n) is 2.93. The van der Waals surface area contributed by atoms with Crippen molar-refractivity contribution in [3.05, 3.63) is 70.1 Å². The first-order chi connectivity index (χ1) is 11.9. The van der Waals surface area contributed by atoms with Gasteiger partial charge < -0.3 is 4.74 Å². The van der Waals surface area contributed by atoms with Gasteiger partial charge in [-0.25, -0.2) is 13.1 Å². The van der Waals surface area contributed by atoms with Crippen molar-refractivity contribution < 1.29 is 13.2 Å². The Bertz CT molecular complexity index is 870. The van der Waals surface area contributed by atoms with Gasteiger partial charge in [-0.15, -0.1) is 0 Å². The fourth-order valence-corrected chi connectivity index (χ4v) is 3.99. The highest BCUT2D eigenvalue weighted by Gasteiger charge is 2.15. The predicted molar refractivity (Wildman–Crippen MR) is 101 cm³/mol. The van der Waals surface area contributed by atoms with Gasteiger partial charge in [0.05, 0.1) is 6.61 Å². The molecule has 5 heteroatoms. The van der Waals surface area contributed by atoms with Crippen molar-refractivity contribution >= 4 is 16.1 Å². The molecule has 0 amide bonds. The molecule has 1 N–H and O–H groups in total. The number of fused-ring (bicyclic) bond motifs is 1. The fraction of sp³-hybridized carbons (Fsp3) is 0.300. The summed E-state index contributed by atoms with van der Waals surface area (Å²) in [6.45, 7) is 4.60. The molecule has 1 aliphatic heterocycles. The smallest absolute Gasteiger partial charge is 0.233 e. The van der Waals surface area contributed by atoms with Crippen LogP contribution < -0.4 is 9.46 Å². The van der Waals surface area contributed by atoms with Gasteiger partial charge in [-0.3, -0.25) is 0 Å². The van der Waals surface area contributed by atoms with Crippen LogP contribution >= 0.6 is 0 Å². The number of hydrogen-bond acceptors (Lipinski definition) is 3. The highest BCUT2D eigenvalue weighted by molar-refractivity contribution is 7.92. The lowest BCUT2D eigenvalue weighted by molar-refractivity contribution is 0.357. The minimum absolute atomic E-state index is 0.187. The van der Waals surface area contributed by atoms with E-state index in [1.165, 1.54) is 11.0 Å². The van der Waals surface area contributed by atoms with Gasteiger partial charge in [0.25, 0.3) is 0 Å². The van der Waals surface area contributed by atoms with Crippen LogP contribution in [0.3, 0.4) is 0 Å². The molecule has 0 aliphatic carbocycles. The average molecular weight is 357 g/mol. The molecule has 1 heterocycles. The first-order valence-corrected chi connectivity index (χ1v) is 9.98. The quantitative estimate of drug-likeness (QED) is 0.861. The van der Waals surface area contributed by atoms with Gasteiger partial charge in [0.1, 0.15) is 5.75 Å². The molecule has 1 unspecified atom stereocenters. The number of ether oxygens (including phenoxy) is 1. The second kappa shape index (κ2) is 7.42. The van der Waals surface area contributed by atoms with Crippen LogP contribution in [0.4, 0.5) is 0 Å². The van der Waals surface area contributed by atoms with E-state index in [4.69, 9.17) is 4.74 Å². The van der Waals surface area contributed by atoms with Crippen LogP contribution in [0.5, 0.6) is 5.75 Å². The first-order valence-electron chi connectivity index (χ1n) is 8.43. The second-order valence-corrected chi connectivity index (χ2v) is 8.12. The van der Waals surface area contributed by atoms with E-state index < -0.39 is 10.0 Å². The number of hydrogen-bond donors (Lipinski definition) is 1. The third kappa shape index (κ3) is 4.94. The monoisotopic (exact) mass is 357 g/mol. The third-order valence-corrected chi connectivity index (χ3v) is 5.40. The molecular weight excluding hydrogens is 334 g/mol. The summed E-state index contributed by atoms with van der Waals surface area (Å²) in [5, 5.41) is 1.23. The Hall–Kier alpha value is -2.11. The number of rotatable bonds is 6. The molecule has 0 bridgehead atoms. The van der Waals surface area contributed by atoms with Crippen molar-refractivity contribution in [2.45, 2.75) is 32.7 Å². The Morgan fingerprint density at radius 1 is 1.20 bits per heavy atom. The van der Waals surface area contributed by atoms with E-state index in [-0.39, 0.29) is 6.04 Å². The Labute approximate surface area is 149 Å². The summed E-state index contributed by atoms with van der Waals surface area (Å²) in [6.07, 6.45) is 3.18. The number of aryl methyl sites for hydroxylation is 1. The maximum Gasteiger partial charge on any atom is 0.233 e. The van der Waals surface area contributed by atoms with E-state index in [0.717, 1.165) is 35.5 Å². The summed E-state index contributed by atoms with van der Waals surface area (Å²) in [4.78, 5) is 0. The Morgan fingerprint density at radius 3 is 2.72 bits per heavy atom. The van der Waals surface area contributed by atoms with Crippen LogP contribution in [0, 0.1) is 6.92 Å². The Kier molecular flexibility index (Phi) is 5.25. The van der Waals surface area contributed by atoms with Gasteiger partial charge in [0, 0.05) is 17.9 Å². The van der Waals surface area contributed by atoms with Gasteiger partial charge in [0.2, 0.25) is 10.0 Å². The van der Waals surface area contributed by atoms with E-state index in [0.29, 0.717) is 6.42 Å². The molecule has 0 fully saturated rings. The van der Waals surface area contributed by atoms with Crippen LogP contribution in [0.1, 0.15) is 29.2 Å². The van der Waals surface area contributed by atoms with Gasteiger partial charge in [-0.05, 0) is 49.1 Å².